The summed E-state index contributed by atoms with van der Waals surface area (Å²) < 4.78 is 27.2. The molecule has 118 valence electrons. The first-order valence-corrected chi connectivity index (χ1v) is 8.70. The molecule has 3 N–H and O–H groups in total. The number of benzene rings is 1. The fraction of sp³-hybridized carbons (Fsp3) is 0.500. The average Bonchev–Trinajstić information content (AvgIpc) is 2.43. The zero-order valence-electron chi connectivity index (χ0n) is 12.3. The van der Waals surface area contributed by atoms with E-state index in [-0.39, 0.29) is 18.1 Å². The largest absolute Gasteiger partial charge is 0.384 e. The summed E-state index contributed by atoms with van der Waals surface area (Å²) in [5.41, 5.74) is 7.34. The lowest BCUT2D eigenvalue weighted by molar-refractivity contribution is -0.117. The smallest absolute Gasteiger partial charge is 0.241 e. The lowest BCUT2D eigenvalue weighted by atomic mass is 10.1. The number of rotatable bonds is 8. The minimum Gasteiger partial charge on any atom is -0.384 e. The Bertz CT molecular complexity index is 572. The van der Waals surface area contributed by atoms with Gasteiger partial charge in [-0.3, -0.25) is 4.79 Å². The van der Waals surface area contributed by atoms with E-state index in [4.69, 9.17) is 10.5 Å². The summed E-state index contributed by atoms with van der Waals surface area (Å²) in [5.74, 6) is -0.490. The van der Waals surface area contributed by atoms with Crippen LogP contribution in [-0.4, -0.2) is 46.1 Å². The number of para-hydroxylation sites is 1. The van der Waals surface area contributed by atoms with Crippen LogP contribution < -0.4 is 11.1 Å². The van der Waals surface area contributed by atoms with Gasteiger partial charge in [0.1, 0.15) is 9.84 Å². The lowest BCUT2D eigenvalue weighted by Crippen LogP contribution is -2.37. The van der Waals surface area contributed by atoms with Gasteiger partial charge in [0.25, 0.3) is 0 Å². The molecule has 0 radical (unpaired) electrons. The first-order valence-electron chi connectivity index (χ1n) is 6.64. The third-order valence-corrected chi connectivity index (χ3v) is 3.96. The molecule has 0 saturated carbocycles. The monoisotopic (exact) mass is 314 g/mol. The highest BCUT2D eigenvalue weighted by atomic mass is 32.2. The molecule has 0 heterocycles. The second kappa shape index (κ2) is 8.11. The van der Waals surface area contributed by atoms with Crippen LogP contribution in [0.15, 0.2) is 24.3 Å². The minimum atomic E-state index is -3.12. The quantitative estimate of drug-likeness (QED) is 0.731. The van der Waals surface area contributed by atoms with Crippen molar-refractivity contribution in [2.45, 2.75) is 18.9 Å². The molecule has 0 aliphatic carbocycles. The lowest BCUT2D eigenvalue weighted by Gasteiger charge is -2.14. The Labute approximate surface area is 125 Å². The fourth-order valence-corrected chi connectivity index (χ4v) is 2.45. The molecule has 1 atom stereocenters. The maximum atomic E-state index is 12.0. The SMILES string of the molecule is COCCc1ccccc1NC(=O)C(N)CCS(C)(=O)=O. The van der Waals surface area contributed by atoms with Gasteiger partial charge in [-0.1, -0.05) is 18.2 Å². The molecule has 0 spiro atoms. The predicted octanol–water partition coefficient (Wildman–Crippen LogP) is 0.576. The Morgan fingerprint density at radius 1 is 1.38 bits per heavy atom. The van der Waals surface area contributed by atoms with E-state index in [9.17, 15) is 13.2 Å². The molecule has 1 aromatic rings. The first kappa shape index (κ1) is 17.6. The number of hydrogen-bond donors (Lipinski definition) is 2. The number of sulfone groups is 1. The van der Waals surface area contributed by atoms with Gasteiger partial charge in [-0.15, -0.1) is 0 Å². The van der Waals surface area contributed by atoms with E-state index in [1.54, 1.807) is 13.2 Å². The molecule has 0 aromatic heterocycles. The molecule has 1 amide bonds. The highest BCUT2D eigenvalue weighted by molar-refractivity contribution is 7.90. The number of anilines is 1. The van der Waals surface area contributed by atoms with Crippen molar-refractivity contribution in [1.29, 1.82) is 0 Å². The Balaban J connectivity index is 2.65. The Morgan fingerprint density at radius 3 is 2.67 bits per heavy atom. The third-order valence-electron chi connectivity index (χ3n) is 2.99. The van der Waals surface area contributed by atoms with Crippen molar-refractivity contribution in [3.05, 3.63) is 29.8 Å². The van der Waals surface area contributed by atoms with Crippen LogP contribution in [0.3, 0.4) is 0 Å². The van der Waals surface area contributed by atoms with Gasteiger partial charge in [0.15, 0.2) is 0 Å². The summed E-state index contributed by atoms with van der Waals surface area (Å²) in [6.07, 6.45) is 1.90. The summed E-state index contributed by atoms with van der Waals surface area (Å²) in [4.78, 5) is 12.0. The molecule has 1 unspecified atom stereocenters. The van der Waals surface area contributed by atoms with Gasteiger partial charge in [0.2, 0.25) is 5.91 Å². The first-order chi connectivity index (χ1) is 9.83. The molecule has 0 aliphatic rings. The zero-order chi connectivity index (χ0) is 15.9. The number of nitrogens with one attached hydrogen (secondary N) is 1. The third kappa shape index (κ3) is 6.70. The number of amides is 1. The van der Waals surface area contributed by atoms with Gasteiger partial charge in [0.05, 0.1) is 18.4 Å². The van der Waals surface area contributed by atoms with Crippen LogP contribution in [0.1, 0.15) is 12.0 Å². The normalized spacial score (nSPS) is 12.9. The molecule has 21 heavy (non-hydrogen) atoms. The predicted molar refractivity (Wildman–Crippen MR) is 83.0 cm³/mol. The molecule has 0 saturated heterocycles. The molecule has 0 bridgehead atoms. The highest BCUT2D eigenvalue weighted by Crippen LogP contribution is 2.16. The van der Waals surface area contributed by atoms with Crippen LogP contribution in [-0.2, 0) is 25.8 Å². The van der Waals surface area contributed by atoms with Gasteiger partial charge in [-0.05, 0) is 24.5 Å². The van der Waals surface area contributed by atoms with Crippen LogP contribution in [0.25, 0.3) is 0 Å². The molecule has 0 aliphatic heterocycles. The van der Waals surface area contributed by atoms with E-state index >= 15 is 0 Å². The van der Waals surface area contributed by atoms with Crippen molar-refractivity contribution < 1.29 is 17.9 Å². The maximum absolute atomic E-state index is 12.0. The van der Waals surface area contributed by atoms with E-state index in [1.165, 1.54) is 0 Å². The van der Waals surface area contributed by atoms with Crippen molar-refractivity contribution in [1.82, 2.24) is 0 Å². The number of methoxy groups -OCH3 is 1. The molecule has 0 fully saturated rings. The Morgan fingerprint density at radius 2 is 2.05 bits per heavy atom. The van der Waals surface area contributed by atoms with E-state index in [2.05, 4.69) is 5.32 Å². The van der Waals surface area contributed by atoms with Crippen molar-refractivity contribution in [2.75, 3.05) is 31.0 Å². The summed E-state index contributed by atoms with van der Waals surface area (Å²) >= 11 is 0. The van der Waals surface area contributed by atoms with Crippen molar-refractivity contribution in [3.8, 4) is 0 Å². The van der Waals surface area contributed by atoms with Crippen LogP contribution in [0.4, 0.5) is 5.69 Å². The zero-order valence-corrected chi connectivity index (χ0v) is 13.2. The number of hydrogen-bond acceptors (Lipinski definition) is 5. The summed E-state index contributed by atoms with van der Waals surface area (Å²) in [6, 6.07) is 6.52. The van der Waals surface area contributed by atoms with Crippen molar-refractivity contribution in [2.24, 2.45) is 5.73 Å². The van der Waals surface area contributed by atoms with E-state index < -0.39 is 15.9 Å². The molecule has 6 nitrogen and oxygen atoms in total. The highest BCUT2D eigenvalue weighted by Gasteiger charge is 2.17. The maximum Gasteiger partial charge on any atom is 0.241 e. The minimum absolute atomic E-state index is 0.102. The van der Waals surface area contributed by atoms with Crippen molar-refractivity contribution in [3.63, 3.8) is 0 Å². The standard InChI is InChI=1S/C14H22N2O4S/c1-20-9-7-11-5-3-4-6-13(11)16-14(17)12(15)8-10-21(2,18)19/h3-6,12H,7-10,15H2,1-2H3,(H,16,17). The average molecular weight is 314 g/mol. The second-order valence-electron chi connectivity index (χ2n) is 4.91. The van der Waals surface area contributed by atoms with E-state index in [0.717, 1.165) is 11.8 Å². The molecule has 1 aromatic carbocycles. The number of ether oxygens (including phenoxy) is 1. The van der Waals surface area contributed by atoms with Gasteiger partial charge in [-0.25, -0.2) is 8.42 Å². The van der Waals surface area contributed by atoms with Gasteiger partial charge in [0, 0.05) is 19.1 Å². The van der Waals surface area contributed by atoms with Crippen LogP contribution >= 0.6 is 0 Å². The van der Waals surface area contributed by atoms with Gasteiger partial charge >= 0.3 is 0 Å². The van der Waals surface area contributed by atoms with E-state index in [1.807, 2.05) is 18.2 Å². The summed E-state index contributed by atoms with van der Waals surface area (Å²) in [7, 11) is -1.51. The summed E-state index contributed by atoms with van der Waals surface area (Å²) in [5, 5.41) is 2.74. The van der Waals surface area contributed by atoms with Gasteiger partial charge < -0.3 is 15.8 Å². The van der Waals surface area contributed by atoms with Crippen LogP contribution in [0.5, 0.6) is 0 Å². The molecule has 7 heteroatoms. The summed E-state index contributed by atoms with van der Waals surface area (Å²) in [6.45, 7) is 0.549. The Hall–Kier alpha value is -1.44. The van der Waals surface area contributed by atoms with Crippen molar-refractivity contribution >= 4 is 21.4 Å². The fourth-order valence-electron chi connectivity index (χ4n) is 1.77. The van der Waals surface area contributed by atoms with E-state index in [0.29, 0.717) is 18.7 Å². The van der Waals surface area contributed by atoms with Crippen LogP contribution in [0, 0.1) is 0 Å². The topological polar surface area (TPSA) is 98.5 Å². The number of nitrogens with two attached hydrogens (primary N) is 1. The Kier molecular flexibility index (Phi) is 6.80. The second-order valence-corrected chi connectivity index (χ2v) is 7.17. The molecular weight excluding hydrogens is 292 g/mol. The number of carbonyl (C=O) groups is 1. The number of carbonyl (C=O) groups excluding carboxylic acids is 1. The molecular formula is C14H22N2O4S. The van der Waals surface area contributed by atoms with Crippen LogP contribution in [0.2, 0.25) is 0 Å². The van der Waals surface area contributed by atoms with Gasteiger partial charge in [-0.2, -0.15) is 0 Å². The molecule has 1 rings (SSSR count).